The molecule has 0 aliphatic heterocycles. The molecule has 0 bridgehead atoms. The average Bonchev–Trinajstić information content (AvgIpc) is 2.82. The van der Waals surface area contributed by atoms with Crippen LogP contribution in [0.25, 0.3) is 11.1 Å². The van der Waals surface area contributed by atoms with Gasteiger partial charge in [-0.2, -0.15) is 0 Å². The minimum Gasteiger partial charge on any atom is -0.472 e. The van der Waals surface area contributed by atoms with Gasteiger partial charge in [0.1, 0.15) is 0 Å². The molecule has 0 unspecified atom stereocenters. The third-order valence-electron chi connectivity index (χ3n) is 2.36. The first-order valence-corrected chi connectivity index (χ1v) is 4.97. The maximum absolute atomic E-state index is 11.5. The Hall–Kier alpha value is -1.83. The number of rotatable bonds is 3. The summed E-state index contributed by atoms with van der Waals surface area (Å²) in [4.78, 5) is 11.5. The van der Waals surface area contributed by atoms with E-state index in [0.29, 0.717) is 6.42 Å². The molecular formula is C13H12O2. The number of carbonyl (C=O) groups is 1. The van der Waals surface area contributed by atoms with Crippen LogP contribution in [0.5, 0.6) is 0 Å². The van der Waals surface area contributed by atoms with Crippen molar-refractivity contribution in [2.45, 2.75) is 13.3 Å². The van der Waals surface area contributed by atoms with Crippen LogP contribution in [0.4, 0.5) is 0 Å². The third kappa shape index (κ3) is 1.99. The van der Waals surface area contributed by atoms with Crippen molar-refractivity contribution >= 4 is 5.78 Å². The molecule has 0 atom stereocenters. The smallest absolute Gasteiger partial charge is 0.162 e. The van der Waals surface area contributed by atoms with E-state index in [2.05, 4.69) is 0 Å². The molecule has 2 heteroatoms. The average molecular weight is 200 g/mol. The summed E-state index contributed by atoms with van der Waals surface area (Å²) >= 11 is 0. The largest absolute Gasteiger partial charge is 0.472 e. The highest BCUT2D eigenvalue weighted by molar-refractivity contribution is 5.96. The quantitative estimate of drug-likeness (QED) is 0.709. The van der Waals surface area contributed by atoms with Gasteiger partial charge in [-0.05, 0) is 17.7 Å². The zero-order chi connectivity index (χ0) is 10.7. The Kier molecular flexibility index (Phi) is 2.68. The van der Waals surface area contributed by atoms with Gasteiger partial charge in [0.2, 0.25) is 0 Å². The Balaban J connectivity index is 2.39. The second kappa shape index (κ2) is 4.13. The van der Waals surface area contributed by atoms with Crippen LogP contribution in [0.1, 0.15) is 23.7 Å². The minimum atomic E-state index is 0.167. The van der Waals surface area contributed by atoms with Crippen molar-refractivity contribution in [3.8, 4) is 11.1 Å². The second-order valence-corrected chi connectivity index (χ2v) is 3.37. The van der Waals surface area contributed by atoms with Crippen LogP contribution in [-0.4, -0.2) is 5.78 Å². The molecule has 0 aliphatic carbocycles. The number of ketones is 1. The van der Waals surface area contributed by atoms with E-state index in [-0.39, 0.29) is 5.78 Å². The molecule has 0 spiro atoms. The Morgan fingerprint density at radius 1 is 1.27 bits per heavy atom. The number of benzene rings is 1. The van der Waals surface area contributed by atoms with Crippen LogP contribution < -0.4 is 0 Å². The Bertz CT molecular complexity index is 455. The van der Waals surface area contributed by atoms with Crippen molar-refractivity contribution in [1.82, 2.24) is 0 Å². The van der Waals surface area contributed by atoms with Gasteiger partial charge in [-0.1, -0.05) is 25.1 Å². The maximum Gasteiger partial charge on any atom is 0.162 e. The van der Waals surface area contributed by atoms with Gasteiger partial charge in [-0.25, -0.2) is 0 Å². The second-order valence-electron chi connectivity index (χ2n) is 3.37. The van der Waals surface area contributed by atoms with Gasteiger partial charge in [0.25, 0.3) is 0 Å². The number of hydrogen-bond acceptors (Lipinski definition) is 2. The molecule has 0 fully saturated rings. The first-order valence-electron chi connectivity index (χ1n) is 4.97. The predicted octanol–water partition coefficient (Wildman–Crippen LogP) is 3.54. The van der Waals surface area contributed by atoms with E-state index in [1.807, 2.05) is 37.3 Å². The monoisotopic (exact) mass is 200 g/mol. The fourth-order valence-electron chi connectivity index (χ4n) is 1.51. The van der Waals surface area contributed by atoms with Gasteiger partial charge < -0.3 is 4.42 Å². The van der Waals surface area contributed by atoms with E-state index >= 15 is 0 Å². The molecule has 2 rings (SSSR count). The first kappa shape index (κ1) is 9.71. The molecule has 1 aromatic heterocycles. The Morgan fingerprint density at radius 2 is 2.13 bits per heavy atom. The molecule has 0 saturated carbocycles. The molecule has 1 heterocycles. The van der Waals surface area contributed by atoms with E-state index in [4.69, 9.17) is 4.42 Å². The zero-order valence-electron chi connectivity index (χ0n) is 8.57. The van der Waals surface area contributed by atoms with Crippen LogP contribution in [0.15, 0.2) is 47.3 Å². The number of carbonyl (C=O) groups excluding carboxylic acids is 1. The lowest BCUT2D eigenvalue weighted by Crippen LogP contribution is -1.95. The third-order valence-corrected chi connectivity index (χ3v) is 2.36. The summed E-state index contributed by atoms with van der Waals surface area (Å²) in [5.74, 6) is 0.167. The van der Waals surface area contributed by atoms with E-state index in [1.165, 1.54) is 0 Å². The van der Waals surface area contributed by atoms with Crippen molar-refractivity contribution < 1.29 is 9.21 Å². The van der Waals surface area contributed by atoms with E-state index in [1.54, 1.807) is 12.5 Å². The number of Topliss-reactive ketones (excluding diaryl/α,β-unsaturated/α-hetero) is 1. The predicted molar refractivity (Wildman–Crippen MR) is 58.8 cm³/mol. The topological polar surface area (TPSA) is 30.2 Å². The lowest BCUT2D eigenvalue weighted by molar-refractivity contribution is 0.0988. The fourth-order valence-corrected chi connectivity index (χ4v) is 1.51. The van der Waals surface area contributed by atoms with E-state index < -0.39 is 0 Å². The van der Waals surface area contributed by atoms with Gasteiger partial charge in [-0.3, -0.25) is 4.79 Å². The van der Waals surface area contributed by atoms with Crippen molar-refractivity contribution in [1.29, 1.82) is 0 Å². The first-order chi connectivity index (χ1) is 7.31. The SMILES string of the molecule is CCC(=O)c1cccc(-c2ccoc2)c1. The summed E-state index contributed by atoms with van der Waals surface area (Å²) in [5, 5.41) is 0. The fraction of sp³-hybridized carbons (Fsp3) is 0.154. The molecule has 0 amide bonds. The van der Waals surface area contributed by atoms with E-state index in [0.717, 1.165) is 16.7 Å². The molecule has 0 saturated heterocycles. The summed E-state index contributed by atoms with van der Waals surface area (Å²) in [7, 11) is 0. The summed E-state index contributed by atoms with van der Waals surface area (Å²) < 4.78 is 5.01. The van der Waals surface area contributed by atoms with Crippen LogP contribution in [0.2, 0.25) is 0 Å². The van der Waals surface area contributed by atoms with Gasteiger partial charge in [-0.15, -0.1) is 0 Å². The molecule has 1 aromatic carbocycles. The summed E-state index contributed by atoms with van der Waals surface area (Å²) in [5.41, 5.74) is 2.78. The molecule has 0 aliphatic rings. The summed E-state index contributed by atoms with van der Waals surface area (Å²) in [6, 6.07) is 9.49. The van der Waals surface area contributed by atoms with Crippen molar-refractivity contribution in [2.75, 3.05) is 0 Å². The van der Waals surface area contributed by atoms with E-state index in [9.17, 15) is 4.79 Å². The molecule has 2 nitrogen and oxygen atoms in total. The lowest BCUT2D eigenvalue weighted by atomic mass is 10.0. The van der Waals surface area contributed by atoms with Gasteiger partial charge >= 0.3 is 0 Å². The Labute approximate surface area is 88.5 Å². The van der Waals surface area contributed by atoms with Crippen LogP contribution in [-0.2, 0) is 0 Å². The maximum atomic E-state index is 11.5. The molecule has 76 valence electrons. The lowest BCUT2D eigenvalue weighted by Gasteiger charge is -2.01. The van der Waals surface area contributed by atoms with Gasteiger partial charge in [0, 0.05) is 17.5 Å². The molecular weight excluding hydrogens is 188 g/mol. The van der Waals surface area contributed by atoms with Crippen molar-refractivity contribution in [3.63, 3.8) is 0 Å². The summed E-state index contributed by atoms with van der Waals surface area (Å²) in [6.07, 6.45) is 3.84. The van der Waals surface area contributed by atoms with Gasteiger partial charge in [0.15, 0.2) is 5.78 Å². The number of hydrogen-bond donors (Lipinski definition) is 0. The van der Waals surface area contributed by atoms with Crippen LogP contribution >= 0.6 is 0 Å². The minimum absolute atomic E-state index is 0.167. The molecule has 15 heavy (non-hydrogen) atoms. The highest BCUT2D eigenvalue weighted by Crippen LogP contribution is 2.21. The number of furan rings is 1. The normalized spacial score (nSPS) is 10.2. The van der Waals surface area contributed by atoms with Gasteiger partial charge in [0.05, 0.1) is 12.5 Å². The van der Waals surface area contributed by atoms with Crippen molar-refractivity contribution in [2.24, 2.45) is 0 Å². The van der Waals surface area contributed by atoms with Crippen LogP contribution in [0, 0.1) is 0 Å². The molecule has 0 radical (unpaired) electrons. The Morgan fingerprint density at radius 3 is 2.80 bits per heavy atom. The van der Waals surface area contributed by atoms with Crippen molar-refractivity contribution in [3.05, 3.63) is 48.4 Å². The molecule has 2 aromatic rings. The highest BCUT2D eigenvalue weighted by Gasteiger charge is 2.05. The zero-order valence-corrected chi connectivity index (χ0v) is 8.57. The standard InChI is InChI=1S/C13H12O2/c1-2-13(14)11-5-3-4-10(8-11)12-6-7-15-9-12/h3-9H,2H2,1H3. The summed E-state index contributed by atoms with van der Waals surface area (Å²) in [6.45, 7) is 1.87. The molecule has 0 N–H and O–H groups in total. The van der Waals surface area contributed by atoms with Crippen LogP contribution in [0.3, 0.4) is 0 Å². The highest BCUT2D eigenvalue weighted by atomic mass is 16.3.